The van der Waals surface area contributed by atoms with Gasteiger partial charge in [0.2, 0.25) is 11.8 Å². The van der Waals surface area contributed by atoms with Gasteiger partial charge >= 0.3 is 12.0 Å². The number of phenols is 1. The number of benzene rings is 3. The van der Waals surface area contributed by atoms with Crippen molar-refractivity contribution in [1.82, 2.24) is 49.7 Å². The summed E-state index contributed by atoms with van der Waals surface area (Å²) < 4.78 is 27.9. The van der Waals surface area contributed by atoms with E-state index in [-0.39, 0.29) is 44.6 Å². The lowest BCUT2D eigenvalue weighted by molar-refractivity contribution is -0.127. The molecule has 2 atom stereocenters. The number of hydrogen-bond donors (Lipinski definition) is 2. The summed E-state index contributed by atoms with van der Waals surface area (Å²) >= 11 is 0. The monoisotopic (exact) mass is 1160 g/mol. The zero-order valence-corrected chi connectivity index (χ0v) is 49.7. The maximum Gasteiger partial charge on any atom is 0.318 e. The molecule has 6 aromatic rings. The number of carbonyl (C=O) groups excluding carboxylic acids is 2. The van der Waals surface area contributed by atoms with Gasteiger partial charge in [-0.1, -0.05) is 57.3 Å². The molecular formula is C60H79FN14O5S2. The summed E-state index contributed by atoms with van der Waals surface area (Å²) in [5.74, 6) is 1.10. The maximum atomic E-state index is 15.4. The lowest BCUT2D eigenvalue weighted by Crippen LogP contribution is -2.49. The number of fused-ring (bicyclic) bond motifs is 4. The lowest BCUT2D eigenvalue weighted by Gasteiger charge is -2.38. The van der Waals surface area contributed by atoms with Crippen molar-refractivity contribution in [2.45, 2.75) is 83.5 Å². The van der Waals surface area contributed by atoms with Crippen molar-refractivity contribution in [3.8, 4) is 17.8 Å². The summed E-state index contributed by atoms with van der Waals surface area (Å²) in [5, 5.41) is 20.5. The van der Waals surface area contributed by atoms with Crippen LogP contribution >= 0.6 is 27.0 Å². The molecule has 0 aliphatic carbocycles. The highest BCUT2D eigenvalue weighted by atomic mass is 32.1. The smallest absolute Gasteiger partial charge is 0.318 e. The van der Waals surface area contributed by atoms with Crippen LogP contribution in [0.5, 0.6) is 17.8 Å². The highest BCUT2D eigenvalue weighted by Crippen LogP contribution is 2.41. The Morgan fingerprint density at radius 3 is 1.68 bits per heavy atom. The molecule has 438 valence electrons. The first-order valence-corrected chi connectivity index (χ1v) is 28.5. The van der Waals surface area contributed by atoms with Crippen molar-refractivity contribution >= 4 is 83.5 Å². The Morgan fingerprint density at radius 2 is 1.20 bits per heavy atom. The van der Waals surface area contributed by atoms with Crippen LogP contribution in [0.3, 0.4) is 0 Å². The van der Waals surface area contributed by atoms with Gasteiger partial charge in [-0.15, -0.1) is 0 Å². The topological polar surface area (TPSA) is 179 Å². The number of carbonyl (C=O) groups is 2. The summed E-state index contributed by atoms with van der Waals surface area (Å²) in [6.45, 7) is 22.7. The first kappa shape index (κ1) is 59.7. The lowest BCUT2D eigenvalue weighted by atomic mass is 9.96. The van der Waals surface area contributed by atoms with Gasteiger partial charge in [-0.05, 0) is 107 Å². The number of aromatic amines is 1. The number of amides is 2. The van der Waals surface area contributed by atoms with Gasteiger partial charge in [0.1, 0.15) is 24.8 Å². The van der Waals surface area contributed by atoms with E-state index in [2.05, 4.69) is 87.9 Å². The molecule has 82 heavy (non-hydrogen) atoms. The number of halogens is 1. The van der Waals surface area contributed by atoms with Gasteiger partial charge < -0.3 is 53.8 Å². The number of phenolic OH excluding ortho intramolecular Hbond substituents is 1. The van der Waals surface area contributed by atoms with E-state index in [1.165, 1.54) is 41.5 Å². The molecule has 12 rings (SSSR count). The van der Waals surface area contributed by atoms with Crippen LogP contribution in [0, 0.1) is 5.82 Å². The summed E-state index contributed by atoms with van der Waals surface area (Å²) in [5.41, 5.74) is 8.01. The van der Waals surface area contributed by atoms with E-state index in [4.69, 9.17) is 29.4 Å². The number of aromatic hydroxyl groups is 1. The number of aromatic nitrogens is 6. The van der Waals surface area contributed by atoms with Crippen molar-refractivity contribution in [1.29, 1.82) is 0 Å². The van der Waals surface area contributed by atoms with Crippen LogP contribution in [-0.4, -0.2) is 185 Å². The molecule has 9 heterocycles. The first-order chi connectivity index (χ1) is 38.8. The van der Waals surface area contributed by atoms with Gasteiger partial charge in [0.25, 0.3) is 0 Å². The molecular weight excluding hydrogens is 1080 g/mol. The summed E-state index contributed by atoms with van der Waals surface area (Å²) in [6, 6.07) is 14.8. The van der Waals surface area contributed by atoms with E-state index < -0.39 is 5.82 Å². The molecule has 2 amide bonds. The predicted octanol–water partition coefficient (Wildman–Crippen LogP) is 6.92. The zero-order valence-electron chi connectivity index (χ0n) is 47.7. The van der Waals surface area contributed by atoms with Crippen LogP contribution in [0.1, 0.15) is 73.5 Å². The highest BCUT2D eigenvalue weighted by Gasteiger charge is 2.34. The molecule has 22 heteroatoms. The Labute approximate surface area is 494 Å². The SMILES string of the molecule is C=CC(=O)N1CCN(c2nc(OC[C@@H]3CCCN3C)nc3c2CCN(c2c(C(C)C)ccc4[nH]ncc24)C3)CC1.C=CC(=O)N1CCN(c2nc(OC[C@@H]3CCCN3C)nc3c2CCN(c2c(F)c(O)cc4ccccc24)C3)CC1.S.S. The minimum absolute atomic E-state index is 0. The number of nitrogens with one attached hydrogen (secondary N) is 1. The molecule has 0 bridgehead atoms. The molecule has 3 aromatic heterocycles. The fourth-order valence-corrected chi connectivity index (χ4v) is 12.5. The molecule has 4 fully saturated rings. The van der Waals surface area contributed by atoms with Crippen LogP contribution in [0.2, 0.25) is 0 Å². The second kappa shape index (κ2) is 26.1. The Balaban J connectivity index is 0.000000193. The summed E-state index contributed by atoms with van der Waals surface area (Å²) in [7, 11) is 4.26. The zero-order chi connectivity index (χ0) is 55.6. The number of hydrogen-bond acceptors (Lipinski definition) is 16. The number of ether oxygens (including phenoxy) is 2. The molecule has 2 N–H and O–H groups in total. The van der Waals surface area contributed by atoms with Crippen molar-refractivity contribution in [2.24, 2.45) is 0 Å². The maximum absolute atomic E-state index is 15.4. The third-order valence-electron chi connectivity index (χ3n) is 17.2. The number of likely N-dealkylation sites (N-methyl/N-ethyl adjacent to an activating group) is 2. The quantitative estimate of drug-likeness (QED) is 0.114. The fourth-order valence-electron chi connectivity index (χ4n) is 12.5. The Morgan fingerprint density at radius 1 is 0.683 bits per heavy atom. The van der Waals surface area contributed by atoms with Crippen LogP contribution in [0.4, 0.5) is 27.4 Å². The van der Waals surface area contributed by atoms with E-state index >= 15 is 4.39 Å². The minimum Gasteiger partial charge on any atom is -0.505 e. The average molecular weight is 1160 g/mol. The van der Waals surface area contributed by atoms with Crippen LogP contribution < -0.4 is 29.1 Å². The van der Waals surface area contributed by atoms with Crippen LogP contribution in [0.15, 0.2) is 74.0 Å². The molecule has 0 spiro atoms. The molecule has 6 aliphatic rings. The summed E-state index contributed by atoms with van der Waals surface area (Å²) in [6.07, 6.45) is 10.7. The predicted molar refractivity (Wildman–Crippen MR) is 330 cm³/mol. The second-order valence-corrected chi connectivity index (χ2v) is 22.3. The standard InChI is InChI=1S/C30H35FN6O3.C30H40N8O2.2H2S/c1-3-26(39)35-13-15-36(16-14-35)29-23-10-12-37(28-22-9-5-4-7-20(22)17-25(38)27(28)31)18-24(23)32-30(33-29)40-19-21-8-6-11-34(21)2;1-5-27(39)36-13-15-37(16-14-36)29-23-10-12-38(28-22(20(2)3)8-9-25-24(28)17-31-34-25)18-26(23)32-30(33-29)40-19-21-7-6-11-35(21)4;;/h3-5,7,9,17,21,38H,1,6,8,10-16,18-19H2,2H3;5,8-9,17,20-21H,1,6-7,10-16,18-19H2,2-4H3,(H,31,34);2*1H2/t2*21-;;/m00../s1. The number of H-pyrrole nitrogens is 1. The molecule has 6 aliphatic heterocycles. The number of rotatable bonds is 13. The number of nitrogens with zero attached hydrogens (tertiary/aromatic N) is 13. The summed E-state index contributed by atoms with van der Waals surface area (Å²) in [4.78, 5) is 61.2. The van der Waals surface area contributed by atoms with Crippen molar-refractivity contribution in [3.63, 3.8) is 0 Å². The molecule has 19 nitrogen and oxygen atoms in total. The van der Waals surface area contributed by atoms with E-state index in [1.807, 2.05) is 40.3 Å². The van der Waals surface area contributed by atoms with Gasteiger partial charge in [-0.2, -0.15) is 52.0 Å². The molecule has 0 unspecified atom stereocenters. The van der Waals surface area contributed by atoms with Crippen LogP contribution in [0.25, 0.3) is 21.7 Å². The van der Waals surface area contributed by atoms with E-state index in [9.17, 15) is 14.7 Å². The van der Waals surface area contributed by atoms with Gasteiger partial charge in [-0.3, -0.25) is 14.7 Å². The second-order valence-electron chi connectivity index (χ2n) is 22.3. The van der Waals surface area contributed by atoms with Gasteiger partial charge in [0.05, 0.1) is 47.6 Å². The molecule has 4 saturated heterocycles. The Bertz CT molecular complexity index is 3280. The normalized spacial score (nSPS) is 19.3. The first-order valence-electron chi connectivity index (χ1n) is 28.5. The van der Waals surface area contributed by atoms with Gasteiger partial charge in [0.15, 0.2) is 11.6 Å². The number of anilines is 4. The Kier molecular flexibility index (Phi) is 19.0. The van der Waals surface area contributed by atoms with Crippen LogP contribution in [-0.2, 0) is 35.5 Å². The highest BCUT2D eigenvalue weighted by molar-refractivity contribution is 7.59. The molecule has 0 radical (unpaired) electrons. The van der Waals surface area contributed by atoms with Gasteiger partial charge in [0, 0.05) is 99.4 Å². The van der Waals surface area contributed by atoms with E-state index in [0.717, 1.165) is 109 Å². The van der Waals surface area contributed by atoms with E-state index in [1.54, 1.807) is 4.90 Å². The van der Waals surface area contributed by atoms with Gasteiger partial charge in [-0.25, -0.2) is 4.39 Å². The van der Waals surface area contributed by atoms with Crippen molar-refractivity contribution in [3.05, 3.63) is 108 Å². The largest absolute Gasteiger partial charge is 0.505 e. The molecule has 0 saturated carbocycles. The number of likely N-dealkylation sites (tertiary alicyclic amines) is 2. The average Bonchev–Trinajstić information content (AvgIpc) is 4.40. The van der Waals surface area contributed by atoms with E-state index in [0.29, 0.717) is 114 Å². The Hall–Kier alpha value is -6.88. The third kappa shape index (κ3) is 12.4. The van der Waals surface area contributed by atoms with Crippen molar-refractivity contribution in [2.75, 3.05) is 125 Å². The number of piperazine rings is 2. The van der Waals surface area contributed by atoms with Crippen molar-refractivity contribution < 1.29 is 28.6 Å². The fraction of sp³-hybridized carbons (Fsp3) is 0.483. The third-order valence-corrected chi connectivity index (χ3v) is 17.2. The minimum atomic E-state index is -0.625. The molecule has 3 aromatic carbocycles.